The zero-order valence-electron chi connectivity index (χ0n) is 15.9. The number of aromatic nitrogens is 2. The molecule has 0 bridgehead atoms. The van der Waals surface area contributed by atoms with Gasteiger partial charge < -0.3 is 14.4 Å². The van der Waals surface area contributed by atoms with Crippen LogP contribution >= 0.6 is 11.3 Å². The van der Waals surface area contributed by atoms with Gasteiger partial charge in [0.2, 0.25) is 0 Å². The molecule has 160 valence electrons. The molecule has 0 saturated heterocycles. The third-order valence-corrected chi connectivity index (χ3v) is 5.63. The number of carboxylic acid groups (broad SMARTS) is 1. The highest BCUT2D eigenvalue weighted by Crippen LogP contribution is 2.29. The van der Waals surface area contributed by atoms with Crippen LogP contribution in [0.3, 0.4) is 0 Å². The molecular weight excluding hydrogens is 407 g/mol. The lowest BCUT2D eigenvalue weighted by molar-refractivity contribution is -0.192. The summed E-state index contributed by atoms with van der Waals surface area (Å²) >= 11 is 1.85. The normalized spacial score (nSPS) is 17.2. The van der Waals surface area contributed by atoms with E-state index < -0.39 is 12.1 Å². The first-order valence-corrected chi connectivity index (χ1v) is 10.4. The van der Waals surface area contributed by atoms with Gasteiger partial charge in [0.1, 0.15) is 0 Å². The Balaban J connectivity index is 0.000000298. The lowest BCUT2D eigenvalue weighted by Crippen LogP contribution is -2.23. The minimum absolute atomic E-state index is 0.672. The number of hydrogen-bond acceptors (Lipinski definition) is 5. The molecule has 2 aromatic heterocycles. The zero-order chi connectivity index (χ0) is 20.9. The second-order valence-electron chi connectivity index (χ2n) is 7.24. The molecule has 4 rings (SSSR count). The second-order valence-corrected chi connectivity index (χ2v) is 8.27. The van der Waals surface area contributed by atoms with Gasteiger partial charge in [-0.25, -0.2) is 9.78 Å². The number of fused-ring (bicyclic) bond motifs is 1. The van der Waals surface area contributed by atoms with Gasteiger partial charge in [-0.3, -0.25) is 4.90 Å². The Labute approximate surface area is 170 Å². The van der Waals surface area contributed by atoms with E-state index in [2.05, 4.69) is 32.0 Å². The van der Waals surface area contributed by atoms with Crippen molar-refractivity contribution in [3.05, 3.63) is 40.1 Å². The molecule has 10 heteroatoms. The topological polar surface area (TPSA) is 67.6 Å². The van der Waals surface area contributed by atoms with E-state index >= 15 is 0 Å². The molecule has 29 heavy (non-hydrogen) atoms. The Bertz CT molecular complexity index is 788. The number of carboxylic acids is 1. The number of aliphatic carboxylic acids is 1. The number of thiophene rings is 1. The fourth-order valence-corrected chi connectivity index (χ4v) is 3.81. The number of nitrogens with zero attached hydrogens (tertiary/aromatic N) is 3. The van der Waals surface area contributed by atoms with Gasteiger partial charge in [-0.15, -0.1) is 11.3 Å². The zero-order valence-corrected chi connectivity index (χ0v) is 16.7. The molecule has 2 aliphatic rings. The van der Waals surface area contributed by atoms with E-state index in [0.29, 0.717) is 6.61 Å². The van der Waals surface area contributed by atoms with Crippen molar-refractivity contribution < 1.29 is 27.8 Å². The standard InChI is InChI=1S/C17H23N3OS.C2HF3O2/c1-3-15(22-8-1)9-19-6-2-7-20-13-18-16(17(20)10-19)12-21-11-14-4-5-14;3-2(4,5)1(6)7/h1,3,8,13-14H,2,4-7,9-12H2;(H,6,7). The Morgan fingerprint density at radius 1 is 1.34 bits per heavy atom. The number of halogens is 3. The van der Waals surface area contributed by atoms with Crippen LogP contribution in [0.2, 0.25) is 0 Å². The van der Waals surface area contributed by atoms with E-state index in [4.69, 9.17) is 14.6 Å². The first-order valence-electron chi connectivity index (χ1n) is 9.48. The molecule has 1 fully saturated rings. The maximum atomic E-state index is 10.6. The fraction of sp³-hybridized carbons (Fsp3) is 0.579. The van der Waals surface area contributed by atoms with Crippen LogP contribution in [0.25, 0.3) is 0 Å². The quantitative estimate of drug-likeness (QED) is 0.751. The van der Waals surface area contributed by atoms with Crippen LogP contribution in [0.1, 0.15) is 35.5 Å². The molecule has 0 radical (unpaired) electrons. The van der Waals surface area contributed by atoms with E-state index in [9.17, 15) is 13.2 Å². The summed E-state index contributed by atoms with van der Waals surface area (Å²) in [6.45, 7) is 5.84. The highest BCUT2D eigenvalue weighted by molar-refractivity contribution is 7.09. The van der Waals surface area contributed by atoms with Crippen molar-refractivity contribution in [1.82, 2.24) is 14.5 Å². The number of hydrogen-bond donors (Lipinski definition) is 1. The lowest BCUT2D eigenvalue weighted by Gasteiger charge is -2.19. The lowest BCUT2D eigenvalue weighted by atomic mass is 10.3. The molecule has 1 N–H and O–H groups in total. The fourth-order valence-electron chi connectivity index (χ4n) is 3.06. The maximum absolute atomic E-state index is 10.6. The summed E-state index contributed by atoms with van der Waals surface area (Å²) in [4.78, 5) is 17.5. The first kappa shape index (κ1) is 21.8. The molecule has 1 aliphatic heterocycles. The van der Waals surface area contributed by atoms with E-state index in [0.717, 1.165) is 44.4 Å². The van der Waals surface area contributed by atoms with Gasteiger partial charge >= 0.3 is 12.1 Å². The molecule has 1 saturated carbocycles. The Hall–Kier alpha value is -1.91. The van der Waals surface area contributed by atoms with Crippen LogP contribution in [-0.4, -0.2) is 44.9 Å². The van der Waals surface area contributed by atoms with E-state index in [1.165, 1.54) is 29.8 Å². The van der Waals surface area contributed by atoms with Gasteiger partial charge in [0.05, 0.1) is 24.3 Å². The minimum Gasteiger partial charge on any atom is -0.475 e. The molecule has 2 aromatic rings. The van der Waals surface area contributed by atoms with Gasteiger partial charge in [-0.05, 0) is 36.6 Å². The molecule has 0 aromatic carbocycles. The summed E-state index contributed by atoms with van der Waals surface area (Å²) in [6, 6.07) is 4.37. The minimum atomic E-state index is -5.08. The molecule has 0 atom stereocenters. The first-order chi connectivity index (χ1) is 13.8. The number of imidazole rings is 1. The Kier molecular flexibility index (Phi) is 7.31. The summed E-state index contributed by atoms with van der Waals surface area (Å²) in [5.74, 6) is -1.94. The molecule has 0 unspecified atom stereocenters. The van der Waals surface area contributed by atoms with Crippen molar-refractivity contribution in [3.63, 3.8) is 0 Å². The molecule has 6 nitrogen and oxygen atoms in total. The average Bonchev–Trinajstić information content (AvgIpc) is 3.27. The third kappa shape index (κ3) is 6.83. The summed E-state index contributed by atoms with van der Waals surface area (Å²) in [7, 11) is 0. The second kappa shape index (κ2) is 9.73. The van der Waals surface area contributed by atoms with Gasteiger partial charge in [-0.1, -0.05) is 6.07 Å². The third-order valence-electron chi connectivity index (χ3n) is 4.77. The van der Waals surface area contributed by atoms with Crippen molar-refractivity contribution in [3.8, 4) is 0 Å². The Morgan fingerprint density at radius 3 is 2.72 bits per heavy atom. The highest BCUT2D eigenvalue weighted by atomic mass is 32.1. The molecular formula is C19H24F3N3O3S. The number of aryl methyl sites for hydroxylation is 1. The van der Waals surface area contributed by atoms with Crippen molar-refractivity contribution in [1.29, 1.82) is 0 Å². The smallest absolute Gasteiger partial charge is 0.475 e. The summed E-state index contributed by atoms with van der Waals surface area (Å²) in [5.41, 5.74) is 2.49. The summed E-state index contributed by atoms with van der Waals surface area (Å²) in [6.07, 6.45) is 0.794. The van der Waals surface area contributed by atoms with E-state index in [1.54, 1.807) is 0 Å². The van der Waals surface area contributed by atoms with Crippen LogP contribution in [-0.2, 0) is 35.8 Å². The molecule has 3 heterocycles. The molecule has 0 spiro atoms. The van der Waals surface area contributed by atoms with Gasteiger partial charge in [0.25, 0.3) is 0 Å². The largest absolute Gasteiger partial charge is 0.490 e. The monoisotopic (exact) mass is 431 g/mol. The van der Waals surface area contributed by atoms with Crippen LogP contribution in [0.15, 0.2) is 23.8 Å². The van der Waals surface area contributed by atoms with E-state index in [1.807, 2.05) is 17.7 Å². The summed E-state index contributed by atoms with van der Waals surface area (Å²) < 4.78 is 39.9. The number of carbonyl (C=O) groups is 1. The van der Waals surface area contributed by atoms with Gasteiger partial charge in [-0.2, -0.15) is 13.2 Å². The van der Waals surface area contributed by atoms with Crippen molar-refractivity contribution in [2.24, 2.45) is 5.92 Å². The van der Waals surface area contributed by atoms with Gasteiger partial charge in [0.15, 0.2) is 0 Å². The number of rotatable bonds is 6. The average molecular weight is 431 g/mol. The van der Waals surface area contributed by atoms with Crippen molar-refractivity contribution >= 4 is 17.3 Å². The van der Waals surface area contributed by atoms with Crippen molar-refractivity contribution in [2.75, 3.05) is 13.2 Å². The predicted molar refractivity (Wildman–Crippen MR) is 101 cm³/mol. The number of ether oxygens (including phenoxy) is 1. The van der Waals surface area contributed by atoms with Crippen LogP contribution in [0.5, 0.6) is 0 Å². The van der Waals surface area contributed by atoms with E-state index in [-0.39, 0.29) is 0 Å². The highest BCUT2D eigenvalue weighted by Gasteiger charge is 2.38. The van der Waals surface area contributed by atoms with Crippen LogP contribution in [0, 0.1) is 5.92 Å². The van der Waals surface area contributed by atoms with Crippen LogP contribution < -0.4 is 0 Å². The van der Waals surface area contributed by atoms with Gasteiger partial charge in [0, 0.05) is 37.7 Å². The maximum Gasteiger partial charge on any atom is 0.490 e. The molecule has 1 aliphatic carbocycles. The Morgan fingerprint density at radius 2 is 2.10 bits per heavy atom. The number of alkyl halides is 3. The predicted octanol–water partition coefficient (Wildman–Crippen LogP) is 3.91. The van der Waals surface area contributed by atoms with Crippen LogP contribution in [0.4, 0.5) is 13.2 Å². The SMILES string of the molecule is O=C(O)C(F)(F)F.c1csc(CN2CCCn3cnc(COCC4CC4)c3C2)c1. The summed E-state index contributed by atoms with van der Waals surface area (Å²) in [5, 5.41) is 9.29. The molecule has 0 amide bonds. The van der Waals surface area contributed by atoms with Crippen molar-refractivity contribution in [2.45, 2.75) is 51.7 Å².